The van der Waals surface area contributed by atoms with Crippen LogP contribution >= 0.6 is 23.2 Å². The second-order valence-electron chi connectivity index (χ2n) is 8.41. The first-order valence-electron chi connectivity index (χ1n) is 11.0. The van der Waals surface area contributed by atoms with Crippen LogP contribution in [-0.4, -0.2) is 22.8 Å². The Morgan fingerprint density at radius 2 is 1.62 bits per heavy atom. The maximum absolute atomic E-state index is 13.5. The van der Waals surface area contributed by atoms with E-state index >= 15 is 0 Å². The largest absolute Gasteiger partial charge is 0.350 e. The molecule has 7 heteroatoms. The van der Waals surface area contributed by atoms with Gasteiger partial charge in [-0.25, -0.2) is 4.39 Å². The highest BCUT2D eigenvalue weighted by Crippen LogP contribution is 2.22. The number of benzene rings is 3. The Kier molecular flexibility index (Phi) is 9.08. The molecule has 0 radical (unpaired) electrons. The summed E-state index contributed by atoms with van der Waals surface area (Å²) in [6.07, 6.45) is 0.334. The van der Waals surface area contributed by atoms with Crippen molar-refractivity contribution in [2.45, 2.75) is 39.4 Å². The van der Waals surface area contributed by atoms with E-state index in [9.17, 15) is 14.0 Å². The molecule has 3 aromatic carbocycles. The molecule has 0 heterocycles. The molecule has 34 heavy (non-hydrogen) atoms. The summed E-state index contributed by atoms with van der Waals surface area (Å²) >= 11 is 12.2. The number of nitrogens with zero attached hydrogens (tertiary/aromatic N) is 1. The lowest BCUT2D eigenvalue weighted by Gasteiger charge is -2.33. The average molecular weight is 501 g/mol. The van der Waals surface area contributed by atoms with Crippen LogP contribution in [-0.2, 0) is 29.1 Å². The third-order valence-electron chi connectivity index (χ3n) is 5.46. The molecule has 0 spiro atoms. The van der Waals surface area contributed by atoms with Crippen molar-refractivity contribution in [1.29, 1.82) is 0 Å². The lowest BCUT2D eigenvalue weighted by Crippen LogP contribution is -2.51. The molecule has 1 unspecified atom stereocenters. The zero-order valence-electron chi connectivity index (χ0n) is 19.1. The number of nitrogens with one attached hydrogen (secondary N) is 1. The SMILES string of the molecule is CC(C)C(=O)N(Cc1ccc(F)cc1)C(Cc1ccccc1)C(=O)NCc1ccc(Cl)cc1Cl. The minimum atomic E-state index is -0.770. The molecule has 2 amide bonds. The molecule has 0 fully saturated rings. The molecule has 0 saturated carbocycles. The van der Waals surface area contributed by atoms with Gasteiger partial charge in [-0.3, -0.25) is 9.59 Å². The molecule has 3 rings (SSSR count). The standard InChI is InChI=1S/C27H27Cl2FN2O2/c1-18(2)27(34)32(17-20-8-12-23(30)13-9-20)25(14-19-6-4-3-5-7-19)26(33)31-16-21-10-11-22(28)15-24(21)29/h3-13,15,18,25H,14,16-17H2,1-2H3,(H,31,33). The first-order chi connectivity index (χ1) is 16.2. The topological polar surface area (TPSA) is 49.4 Å². The van der Waals surface area contributed by atoms with Gasteiger partial charge in [0.1, 0.15) is 11.9 Å². The van der Waals surface area contributed by atoms with Gasteiger partial charge in [-0.1, -0.05) is 85.6 Å². The van der Waals surface area contributed by atoms with Gasteiger partial charge in [0.15, 0.2) is 0 Å². The molecule has 4 nitrogen and oxygen atoms in total. The van der Waals surface area contributed by atoms with Crippen molar-refractivity contribution in [3.63, 3.8) is 0 Å². The van der Waals surface area contributed by atoms with Crippen LogP contribution < -0.4 is 5.32 Å². The predicted molar refractivity (Wildman–Crippen MR) is 134 cm³/mol. The Morgan fingerprint density at radius 1 is 0.941 bits per heavy atom. The number of rotatable bonds is 9. The van der Waals surface area contributed by atoms with E-state index in [-0.39, 0.29) is 36.6 Å². The number of carbonyl (C=O) groups is 2. The van der Waals surface area contributed by atoms with Crippen LogP contribution in [0.1, 0.15) is 30.5 Å². The van der Waals surface area contributed by atoms with Crippen LogP contribution in [0, 0.1) is 11.7 Å². The molecule has 0 aliphatic carbocycles. The van der Waals surface area contributed by atoms with E-state index in [0.717, 1.165) is 16.7 Å². The molecule has 178 valence electrons. The van der Waals surface area contributed by atoms with Crippen LogP contribution in [0.5, 0.6) is 0 Å². The Hall–Kier alpha value is -2.89. The maximum atomic E-state index is 13.5. The fourth-order valence-corrected chi connectivity index (χ4v) is 4.08. The molecule has 0 bridgehead atoms. The summed E-state index contributed by atoms with van der Waals surface area (Å²) in [4.78, 5) is 28.3. The van der Waals surface area contributed by atoms with Gasteiger partial charge in [-0.15, -0.1) is 0 Å². The van der Waals surface area contributed by atoms with Crippen molar-refractivity contribution in [2.75, 3.05) is 0 Å². The zero-order chi connectivity index (χ0) is 24.7. The normalized spacial score (nSPS) is 11.8. The summed E-state index contributed by atoms with van der Waals surface area (Å²) in [5, 5.41) is 3.89. The highest BCUT2D eigenvalue weighted by molar-refractivity contribution is 6.35. The van der Waals surface area contributed by atoms with Crippen molar-refractivity contribution in [2.24, 2.45) is 5.92 Å². The Labute approximate surface area is 209 Å². The lowest BCUT2D eigenvalue weighted by atomic mass is 10.0. The zero-order valence-corrected chi connectivity index (χ0v) is 20.6. The molecular weight excluding hydrogens is 474 g/mol. The molecule has 3 aromatic rings. The van der Waals surface area contributed by atoms with Gasteiger partial charge in [-0.05, 0) is 41.0 Å². The van der Waals surface area contributed by atoms with Crippen LogP contribution in [0.3, 0.4) is 0 Å². The quantitative estimate of drug-likeness (QED) is 0.389. The second kappa shape index (κ2) is 12.0. The van der Waals surface area contributed by atoms with Gasteiger partial charge < -0.3 is 10.2 Å². The van der Waals surface area contributed by atoms with Gasteiger partial charge in [0.25, 0.3) is 0 Å². The van der Waals surface area contributed by atoms with Gasteiger partial charge in [-0.2, -0.15) is 0 Å². The second-order valence-corrected chi connectivity index (χ2v) is 9.25. The van der Waals surface area contributed by atoms with E-state index in [2.05, 4.69) is 5.32 Å². The number of halogens is 3. The summed E-state index contributed by atoms with van der Waals surface area (Å²) in [5.41, 5.74) is 2.38. The molecular formula is C27H27Cl2FN2O2. The first-order valence-corrected chi connectivity index (χ1v) is 11.8. The smallest absolute Gasteiger partial charge is 0.243 e. The summed E-state index contributed by atoms with van der Waals surface area (Å²) < 4.78 is 13.4. The van der Waals surface area contributed by atoms with E-state index in [1.807, 2.05) is 30.3 Å². The van der Waals surface area contributed by atoms with Crippen molar-refractivity contribution >= 4 is 35.0 Å². The van der Waals surface area contributed by atoms with Gasteiger partial charge in [0.05, 0.1) is 0 Å². The minimum Gasteiger partial charge on any atom is -0.350 e. The van der Waals surface area contributed by atoms with Gasteiger partial charge in [0.2, 0.25) is 11.8 Å². The number of carbonyl (C=O) groups excluding carboxylic acids is 2. The Balaban J connectivity index is 1.90. The van der Waals surface area contributed by atoms with Gasteiger partial charge >= 0.3 is 0 Å². The fraction of sp³-hybridized carbons (Fsp3) is 0.259. The monoisotopic (exact) mass is 500 g/mol. The molecule has 0 aliphatic rings. The van der Waals surface area contributed by atoms with Crippen LogP contribution in [0.2, 0.25) is 10.0 Å². The molecule has 1 N–H and O–H groups in total. The molecule has 0 aliphatic heterocycles. The Morgan fingerprint density at radius 3 is 2.24 bits per heavy atom. The fourth-order valence-electron chi connectivity index (χ4n) is 3.61. The van der Waals surface area contributed by atoms with E-state index in [0.29, 0.717) is 16.5 Å². The van der Waals surface area contributed by atoms with Crippen molar-refractivity contribution in [3.05, 3.63) is 105 Å². The predicted octanol–water partition coefficient (Wildman–Crippen LogP) is 6.04. The summed E-state index contributed by atoms with van der Waals surface area (Å²) in [6.45, 7) is 3.97. The highest BCUT2D eigenvalue weighted by Gasteiger charge is 2.31. The maximum Gasteiger partial charge on any atom is 0.243 e. The third kappa shape index (κ3) is 7.05. The average Bonchev–Trinajstić information content (AvgIpc) is 2.82. The molecule has 0 saturated heterocycles. The van der Waals surface area contributed by atoms with Crippen LogP contribution in [0.15, 0.2) is 72.8 Å². The van der Waals surface area contributed by atoms with E-state index in [1.54, 1.807) is 49.1 Å². The molecule has 1 atom stereocenters. The van der Waals surface area contributed by atoms with E-state index < -0.39 is 6.04 Å². The first kappa shape index (κ1) is 25.7. The van der Waals surface area contributed by atoms with Crippen molar-refractivity contribution in [1.82, 2.24) is 10.2 Å². The number of hydrogen-bond donors (Lipinski definition) is 1. The highest BCUT2D eigenvalue weighted by atomic mass is 35.5. The lowest BCUT2D eigenvalue weighted by molar-refractivity contribution is -0.143. The number of amides is 2. The van der Waals surface area contributed by atoms with Gasteiger partial charge in [0, 0.05) is 35.5 Å². The van der Waals surface area contributed by atoms with Crippen molar-refractivity contribution < 1.29 is 14.0 Å². The number of hydrogen-bond acceptors (Lipinski definition) is 2. The summed E-state index contributed by atoms with van der Waals surface area (Å²) in [5.74, 6) is -1.14. The van der Waals surface area contributed by atoms with E-state index in [1.165, 1.54) is 12.1 Å². The van der Waals surface area contributed by atoms with Crippen molar-refractivity contribution in [3.8, 4) is 0 Å². The van der Waals surface area contributed by atoms with E-state index in [4.69, 9.17) is 23.2 Å². The Bertz CT molecular complexity index is 1120. The summed E-state index contributed by atoms with van der Waals surface area (Å²) in [6, 6.07) is 19.8. The van der Waals surface area contributed by atoms with Crippen LogP contribution in [0.4, 0.5) is 4.39 Å². The van der Waals surface area contributed by atoms with Crippen LogP contribution in [0.25, 0.3) is 0 Å². The molecule has 0 aromatic heterocycles. The summed E-state index contributed by atoms with van der Waals surface area (Å²) in [7, 11) is 0. The minimum absolute atomic E-state index is 0.162. The third-order valence-corrected chi connectivity index (χ3v) is 6.05.